The number of hydrogen-bond acceptors (Lipinski definition) is 6. The van der Waals surface area contributed by atoms with Crippen molar-refractivity contribution in [3.63, 3.8) is 0 Å². The molecule has 1 N–H and O–H groups in total. The molecule has 2 aromatic rings. The number of aliphatic carboxylic acids is 1. The Bertz CT molecular complexity index is 575. The van der Waals surface area contributed by atoms with Crippen molar-refractivity contribution in [1.29, 1.82) is 0 Å². The molecule has 3 heterocycles. The standard InChI is InChI=1S/C13H15N3O3S/c17-13(18)9-7-16(8-9)5-1-4-11-14-12(15-19-11)10-3-2-6-20-10/h2-3,6,9H,1,4-5,7-8H2,(H,17,18). The van der Waals surface area contributed by atoms with Crippen molar-refractivity contribution in [2.75, 3.05) is 19.6 Å². The van der Waals surface area contributed by atoms with Gasteiger partial charge in [0.05, 0.1) is 10.8 Å². The molecule has 6 nitrogen and oxygen atoms in total. The highest BCUT2D eigenvalue weighted by atomic mass is 32.1. The van der Waals surface area contributed by atoms with Gasteiger partial charge in [-0.05, 0) is 24.4 Å². The highest BCUT2D eigenvalue weighted by molar-refractivity contribution is 7.13. The van der Waals surface area contributed by atoms with Gasteiger partial charge in [-0.2, -0.15) is 4.98 Å². The lowest BCUT2D eigenvalue weighted by Crippen LogP contribution is -2.50. The van der Waals surface area contributed by atoms with Gasteiger partial charge in [0, 0.05) is 19.5 Å². The summed E-state index contributed by atoms with van der Waals surface area (Å²) in [6.45, 7) is 2.18. The van der Waals surface area contributed by atoms with Crippen LogP contribution in [0.2, 0.25) is 0 Å². The van der Waals surface area contributed by atoms with Gasteiger partial charge in [-0.1, -0.05) is 11.2 Å². The van der Waals surface area contributed by atoms with Crippen molar-refractivity contribution >= 4 is 17.3 Å². The maximum atomic E-state index is 10.7. The van der Waals surface area contributed by atoms with Crippen LogP contribution in [0, 0.1) is 5.92 Å². The van der Waals surface area contributed by atoms with E-state index in [1.54, 1.807) is 11.3 Å². The molecule has 0 unspecified atom stereocenters. The van der Waals surface area contributed by atoms with Crippen molar-refractivity contribution in [1.82, 2.24) is 15.0 Å². The first-order valence-electron chi connectivity index (χ1n) is 6.54. The number of hydrogen-bond donors (Lipinski definition) is 1. The van der Waals surface area contributed by atoms with Crippen LogP contribution in [0.1, 0.15) is 12.3 Å². The zero-order chi connectivity index (χ0) is 13.9. The van der Waals surface area contributed by atoms with E-state index >= 15 is 0 Å². The first-order chi connectivity index (χ1) is 9.72. The maximum absolute atomic E-state index is 10.7. The fourth-order valence-corrected chi connectivity index (χ4v) is 2.87. The number of aromatic nitrogens is 2. The summed E-state index contributed by atoms with van der Waals surface area (Å²) in [6.07, 6.45) is 1.63. The summed E-state index contributed by atoms with van der Waals surface area (Å²) in [6, 6.07) is 3.92. The predicted molar refractivity (Wildman–Crippen MR) is 73.5 cm³/mol. The molecule has 1 aliphatic heterocycles. The molecule has 3 rings (SSSR count). The Labute approximate surface area is 120 Å². The lowest BCUT2D eigenvalue weighted by molar-refractivity contribution is -0.147. The Morgan fingerprint density at radius 3 is 3.10 bits per heavy atom. The summed E-state index contributed by atoms with van der Waals surface area (Å²) in [5, 5.41) is 14.7. The number of carbonyl (C=O) groups is 1. The van der Waals surface area contributed by atoms with Gasteiger partial charge in [0.15, 0.2) is 0 Å². The summed E-state index contributed by atoms with van der Waals surface area (Å²) in [5.74, 6) is 0.399. The van der Waals surface area contributed by atoms with E-state index in [-0.39, 0.29) is 5.92 Å². The van der Waals surface area contributed by atoms with Gasteiger partial charge in [0.2, 0.25) is 11.7 Å². The minimum absolute atomic E-state index is 0.191. The van der Waals surface area contributed by atoms with Gasteiger partial charge in [-0.15, -0.1) is 11.3 Å². The summed E-state index contributed by atoms with van der Waals surface area (Å²) in [4.78, 5) is 18.2. The van der Waals surface area contributed by atoms with E-state index in [4.69, 9.17) is 9.63 Å². The third kappa shape index (κ3) is 2.88. The predicted octanol–water partition coefficient (Wildman–Crippen LogP) is 1.75. The smallest absolute Gasteiger partial charge is 0.309 e. The van der Waals surface area contributed by atoms with Gasteiger partial charge in [0.25, 0.3) is 0 Å². The zero-order valence-electron chi connectivity index (χ0n) is 10.9. The quantitative estimate of drug-likeness (QED) is 0.874. The molecule has 0 spiro atoms. The molecular weight excluding hydrogens is 278 g/mol. The van der Waals surface area contributed by atoms with Crippen molar-refractivity contribution < 1.29 is 14.4 Å². The van der Waals surface area contributed by atoms with Crippen LogP contribution in [-0.4, -0.2) is 45.8 Å². The van der Waals surface area contributed by atoms with E-state index in [9.17, 15) is 4.79 Å². The van der Waals surface area contributed by atoms with Crippen LogP contribution in [0.4, 0.5) is 0 Å². The Kier molecular flexibility index (Phi) is 3.79. The fraction of sp³-hybridized carbons (Fsp3) is 0.462. The maximum Gasteiger partial charge on any atom is 0.309 e. The second kappa shape index (κ2) is 5.72. The fourth-order valence-electron chi connectivity index (χ4n) is 2.22. The van der Waals surface area contributed by atoms with Gasteiger partial charge in [0.1, 0.15) is 0 Å². The van der Waals surface area contributed by atoms with E-state index < -0.39 is 5.97 Å². The van der Waals surface area contributed by atoms with E-state index in [2.05, 4.69) is 15.0 Å². The number of carboxylic acid groups (broad SMARTS) is 1. The lowest BCUT2D eigenvalue weighted by Gasteiger charge is -2.36. The Hall–Kier alpha value is -1.73. The number of aryl methyl sites for hydroxylation is 1. The average Bonchev–Trinajstić information content (AvgIpc) is 3.01. The summed E-state index contributed by atoms with van der Waals surface area (Å²) in [5.41, 5.74) is 0. The second-order valence-electron chi connectivity index (χ2n) is 4.89. The number of rotatable bonds is 6. The molecule has 1 saturated heterocycles. The molecule has 0 bridgehead atoms. The first kappa shape index (κ1) is 13.3. The second-order valence-corrected chi connectivity index (χ2v) is 5.84. The molecular formula is C13H15N3O3S. The zero-order valence-corrected chi connectivity index (χ0v) is 11.7. The van der Waals surface area contributed by atoms with Crippen molar-refractivity contribution in [3.05, 3.63) is 23.4 Å². The van der Waals surface area contributed by atoms with Crippen LogP contribution >= 0.6 is 11.3 Å². The Morgan fingerprint density at radius 1 is 1.55 bits per heavy atom. The topological polar surface area (TPSA) is 79.5 Å². The van der Waals surface area contributed by atoms with E-state index in [0.717, 1.165) is 24.3 Å². The number of likely N-dealkylation sites (tertiary alicyclic amines) is 1. The van der Waals surface area contributed by atoms with Gasteiger partial charge in [-0.25, -0.2) is 0 Å². The highest BCUT2D eigenvalue weighted by Crippen LogP contribution is 2.22. The number of thiophene rings is 1. The molecule has 0 amide bonds. The van der Waals surface area contributed by atoms with E-state index in [0.29, 0.717) is 24.8 Å². The highest BCUT2D eigenvalue weighted by Gasteiger charge is 2.31. The molecule has 0 aliphatic carbocycles. The largest absolute Gasteiger partial charge is 0.481 e. The molecule has 0 atom stereocenters. The molecule has 0 saturated carbocycles. The first-order valence-corrected chi connectivity index (χ1v) is 7.42. The molecule has 1 fully saturated rings. The summed E-state index contributed by atoms with van der Waals surface area (Å²) >= 11 is 1.58. The number of carboxylic acids is 1. The Morgan fingerprint density at radius 2 is 2.40 bits per heavy atom. The molecule has 106 valence electrons. The van der Waals surface area contributed by atoms with Gasteiger partial charge >= 0.3 is 5.97 Å². The summed E-state index contributed by atoms with van der Waals surface area (Å²) < 4.78 is 5.21. The molecule has 7 heteroatoms. The Balaban J connectivity index is 1.42. The van der Waals surface area contributed by atoms with Gasteiger partial charge in [-0.3, -0.25) is 4.79 Å². The van der Waals surface area contributed by atoms with Crippen molar-refractivity contribution in [2.24, 2.45) is 5.92 Å². The minimum Gasteiger partial charge on any atom is -0.481 e. The third-order valence-corrected chi connectivity index (χ3v) is 4.25. The van der Waals surface area contributed by atoms with Crippen molar-refractivity contribution in [3.8, 4) is 10.7 Å². The molecule has 2 aromatic heterocycles. The lowest BCUT2D eigenvalue weighted by atomic mass is 10.0. The van der Waals surface area contributed by atoms with Crippen LogP contribution in [0.25, 0.3) is 10.7 Å². The van der Waals surface area contributed by atoms with Crippen LogP contribution in [0.3, 0.4) is 0 Å². The van der Waals surface area contributed by atoms with E-state index in [1.165, 1.54) is 0 Å². The normalized spacial score (nSPS) is 16.2. The van der Waals surface area contributed by atoms with Gasteiger partial charge < -0.3 is 14.5 Å². The van der Waals surface area contributed by atoms with Crippen LogP contribution < -0.4 is 0 Å². The molecule has 1 aliphatic rings. The average molecular weight is 293 g/mol. The molecule has 0 radical (unpaired) electrons. The van der Waals surface area contributed by atoms with Crippen molar-refractivity contribution in [2.45, 2.75) is 12.8 Å². The minimum atomic E-state index is -0.696. The third-order valence-electron chi connectivity index (χ3n) is 3.38. The van der Waals surface area contributed by atoms with Crippen LogP contribution in [0.5, 0.6) is 0 Å². The molecule has 20 heavy (non-hydrogen) atoms. The van der Waals surface area contributed by atoms with E-state index in [1.807, 2.05) is 17.5 Å². The monoisotopic (exact) mass is 293 g/mol. The SMILES string of the molecule is O=C(O)C1CN(CCCc2nc(-c3cccs3)no2)C1. The van der Waals surface area contributed by atoms with Crippen LogP contribution in [0.15, 0.2) is 22.0 Å². The molecule has 0 aromatic carbocycles. The number of nitrogens with zero attached hydrogens (tertiary/aromatic N) is 3. The summed E-state index contributed by atoms with van der Waals surface area (Å²) in [7, 11) is 0. The van der Waals surface area contributed by atoms with Crippen LogP contribution in [-0.2, 0) is 11.2 Å².